The lowest BCUT2D eigenvalue weighted by molar-refractivity contribution is 0.0900. The van der Waals surface area contributed by atoms with Crippen LogP contribution >= 0.6 is 0 Å². The van der Waals surface area contributed by atoms with Crippen molar-refractivity contribution in [1.82, 2.24) is 5.32 Å². The molecule has 0 fully saturated rings. The first-order valence-corrected chi connectivity index (χ1v) is 5.24. The molecule has 0 aliphatic carbocycles. The maximum absolute atomic E-state index is 11.8. The Balaban J connectivity index is 2.60. The van der Waals surface area contributed by atoms with Crippen LogP contribution in [0.25, 0.3) is 0 Å². The van der Waals surface area contributed by atoms with Crippen LogP contribution in [0, 0.1) is 6.92 Å². The van der Waals surface area contributed by atoms with Crippen molar-refractivity contribution < 1.29 is 9.53 Å². The van der Waals surface area contributed by atoms with Crippen LogP contribution in [0.1, 0.15) is 15.9 Å². The van der Waals surface area contributed by atoms with E-state index in [1.807, 2.05) is 19.1 Å². The van der Waals surface area contributed by atoms with E-state index in [4.69, 9.17) is 10.5 Å². The molecule has 0 heterocycles. The van der Waals surface area contributed by atoms with Gasteiger partial charge in [0, 0.05) is 19.2 Å². The number of hydrogen-bond acceptors (Lipinski definition) is 3. The number of ether oxygens (including phenoxy) is 1. The number of rotatable bonds is 5. The zero-order valence-corrected chi connectivity index (χ0v) is 9.69. The Hall–Kier alpha value is -1.39. The van der Waals surface area contributed by atoms with E-state index >= 15 is 0 Å². The van der Waals surface area contributed by atoms with Gasteiger partial charge in [-0.25, -0.2) is 0 Å². The molecule has 1 atom stereocenters. The van der Waals surface area contributed by atoms with Crippen LogP contribution in [0.15, 0.2) is 24.3 Å². The van der Waals surface area contributed by atoms with Crippen LogP contribution in [-0.2, 0) is 4.74 Å². The van der Waals surface area contributed by atoms with Gasteiger partial charge in [0.2, 0.25) is 0 Å². The van der Waals surface area contributed by atoms with Crippen LogP contribution in [-0.4, -0.2) is 32.2 Å². The first kappa shape index (κ1) is 12.7. The molecule has 1 aromatic rings. The molecule has 0 aliphatic rings. The molecule has 4 heteroatoms. The molecule has 88 valence electrons. The lowest BCUT2D eigenvalue weighted by Crippen LogP contribution is -2.43. The van der Waals surface area contributed by atoms with Crippen molar-refractivity contribution in [1.29, 1.82) is 0 Å². The summed E-state index contributed by atoms with van der Waals surface area (Å²) < 4.78 is 4.96. The zero-order chi connectivity index (χ0) is 12.0. The summed E-state index contributed by atoms with van der Waals surface area (Å²) in [7, 11) is 1.58. The number of carbonyl (C=O) groups excluding carboxylic acids is 1. The van der Waals surface area contributed by atoms with Gasteiger partial charge in [0.1, 0.15) is 0 Å². The van der Waals surface area contributed by atoms with Crippen molar-refractivity contribution in [2.24, 2.45) is 5.73 Å². The van der Waals surface area contributed by atoms with Crippen molar-refractivity contribution >= 4 is 5.91 Å². The topological polar surface area (TPSA) is 64.3 Å². The van der Waals surface area contributed by atoms with Gasteiger partial charge in [-0.2, -0.15) is 0 Å². The quantitative estimate of drug-likeness (QED) is 0.770. The van der Waals surface area contributed by atoms with Crippen molar-refractivity contribution in [2.75, 3.05) is 20.3 Å². The van der Waals surface area contributed by atoms with Crippen LogP contribution in [0.2, 0.25) is 0 Å². The Bertz CT molecular complexity index is 335. The van der Waals surface area contributed by atoms with Crippen molar-refractivity contribution in [3.8, 4) is 0 Å². The maximum Gasteiger partial charge on any atom is 0.251 e. The molecule has 0 saturated heterocycles. The van der Waals surface area contributed by atoms with E-state index in [0.717, 1.165) is 5.56 Å². The summed E-state index contributed by atoms with van der Waals surface area (Å²) in [6.45, 7) is 2.77. The highest BCUT2D eigenvalue weighted by Gasteiger charge is 2.11. The lowest BCUT2D eigenvalue weighted by atomic mass is 10.1. The summed E-state index contributed by atoms with van der Waals surface area (Å²) in [5.74, 6) is -0.118. The molecule has 1 rings (SSSR count). The first-order chi connectivity index (χ1) is 7.67. The standard InChI is InChI=1S/C12H18N2O2/c1-9-3-5-10(6-4-9)12(15)14-11(7-13)8-16-2/h3-6,11H,7-8,13H2,1-2H3,(H,14,15). The van der Waals surface area contributed by atoms with E-state index in [0.29, 0.717) is 18.7 Å². The van der Waals surface area contributed by atoms with Gasteiger partial charge in [-0.1, -0.05) is 17.7 Å². The van der Waals surface area contributed by atoms with Crippen LogP contribution < -0.4 is 11.1 Å². The second-order valence-corrected chi connectivity index (χ2v) is 3.73. The Labute approximate surface area is 95.8 Å². The third-order valence-corrected chi connectivity index (χ3v) is 2.30. The smallest absolute Gasteiger partial charge is 0.251 e. The van der Waals surface area contributed by atoms with Gasteiger partial charge in [-0.3, -0.25) is 4.79 Å². The minimum atomic E-state index is -0.140. The van der Waals surface area contributed by atoms with Crippen LogP contribution in [0.4, 0.5) is 0 Å². The van der Waals surface area contributed by atoms with Gasteiger partial charge in [0.05, 0.1) is 12.6 Å². The van der Waals surface area contributed by atoms with E-state index in [1.165, 1.54) is 0 Å². The van der Waals surface area contributed by atoms with E-state index in [1.54, 1.807) is 19.2 Å². The van der Waals surface area contributed by atoms with E-state index in [-0.39, 0.29) is 11.9 Å². The maximum atomic E-state index is 11.8. The highest BCUT2D eigenvalue weighted by atomic mass is 16.5. The Morgan fingerprint density at radius 2 is 2.06 bits per heavy atom. The molecule has 1 amide bonds. The van der Waals surface area contributed by atoms with Crippen molar-refractivity contribution in [3.63, 3.8) is 0 Å². The fourth-order valence-corrected chi connectivity index (χ4v) is 1.34. The van der Waals surface area contributed by atoms with Crippen LogP contribution in [0.3, 0.4) is 0 Å². The van der Waals surface area contributed by atoms with E-state index < -0.39 is 0 Å². The molecule has 0 aromatic heterocycles. The number of aryl methyl sites for hydroxylation is 1. The van der Waals surface area contributed by atoms with Gasteiger partial charge >= 0.3 is 0 Å². The molecule has 1 unspecified atom stereocenters. The Morgan fingerprint density at radius 3 is 2.56 bits per heavy atom. The second kappa shape index (κ2) is 6.25. The zero-order valence-electron chi connectivity index (χ0n) is 9.69. The average molecular weight is 222 g/mol. The summed E-state index contributed by atoms with van der Waals surface area (Å²) in [6.07, 6.45) is 0. The van der Waals surface area contributed by atoms with E-state index in [9.17, 15) is 4.79 Å². The molecule has 16 heavy (non-hydrogen) atoms. The molecular weight excluding hydrogens is 204 g/mol. The largest absolute Gasteiger partial charge is 0.383 e. The lowest BCUT2D eigenvalue weighted by Gasteiger charge is -2.15. The predicted molar refractivity (Wildman–Crippen MR) is 63.4 cm³/mol. The highest BCUT2D eigenvalue weighted by Crippen LogP contribution is 2.03. The Kier molecular flexibility index (Phi) is 4.95. The molecule has 0 radical (unpaired) electrons. The third-order valence-electron chi connectivity index (χ3n) is 2.30. The monoisotopic (exact) mass is 222 g/mol. The number of nitrogens with one attached hydrogen (secondary N) is 1. The minimum Gasteiger partial charge on any atom is -0.383 e. The highest BCUT2D eigenvalue weighted by molar-refractivity contribution is 5.94. The van der Waals surface area contributed by atoms with Gasteiger partial charge in [0.15, 0.2) is 0 Å². The number of hydrogen-bond donors (Lipinski definition) is 2. The first-order valence-electron chi connectivity index (χ1n) is 5.24. The predicted octanol–water partition coefficient (Wildman–Crippen LogP) is 0.699. The molecule has 0 saturated carbocycles. The molecule has 3 N–H and O–H groups in total. The summed E-state index contributed by atoms with van der Waals surface area (Å²) in [6, 6.07) is 7.26. The summed E-state index contributed by atoms with van der Waals surface area (Å²) >= 11 is 0. The number of benzene rings is 1. The molecule has 0 aliphatic heterocycles. The summed E-state index contributed by atoms with van der Waals surface area (Å²) in [4.78, 5) is 11.8. The Morgan fingerprint density at radius 1 is 1.44 bits per heavy atom. The van der Waals surface area contributed by atoms with Crippen molar-refractivity contribution in [2.45, 2.75) is 13.0 Å². The number of carbonyl (C=O) groups is 1. The number of methoxy groups -OCH3 is 1. The average Bonchev–Trinajstić information content (AvgIpc) is 2.29. The number of nitrogens with two attached hydrogens (primary N) is 1. The summed E-state index contributed by atoms with van der Waals surface area (Å²) in [5, 5.41) is 2.81. The van der Waals surface area contributed by atoms with Gasteiger partial charge in [-0.15, -0.1) is 0 Å². The molecular formula is C12H18N2O2. The molecule has 1 aromatic carbocycles. The molecule has 0 spiro atoms. The molecule has 0 bridgehead atoms. The normalized spacial score (nSPS) is 12.2. The SMILES string of the molecule is COCC(CN)NC(=O)c1ccc(C)cc1. The molecule has 4 nitrogen and oxygen atoms in total. The minimum absolute atomic E-state index is 0.118. The van der Waals surface area contributed by atoms with Gasteiger partial charge in [-0.05, 0) is 19.1 Å². The summed E-state index contributed by atoms with van der Waals surface area (Å²) in [5.41, 5.74) is 7.28. The number of amides is 1. The fraction of sp³-hybridized carbons (Fsp3) is 0.417. The second-order valence-electron chi connectivity index (χ2n) is 3.73. The third kappa shape index (κ3) is 3.64. The van der Waals surface area contributed by atoms with Gasteiger partial charge in [0.25, 0.3) is 5.91 Å². The van der Waals surface area contributed by atoms with E-state index in [2.05, 4.69) is 5.32 Å². The van der Waals surface area contributed by atoms with Crippen LogP contribution in [0.5, 0.6) is 0 Å². The van der Waals surface area contributed by atoms with Crippen molar-refractivity contribution in [3.05, 3.63) is 35.4 Å². The van der Waals surface area contributed by atoms with Gasteiger partial charge < -0.3 is 15.8 Å². The fourth-order valence-electron chi connectivity index (χ4n) is 1.34.